The fraction of sp³-hybridized carbons (Fsp3) is 0.417. The summed E-state index contributed by atoms with van der Waals surface area (Å²) in [6.45, 7) is 0. The molecule has 1 aromatic carbocycles. The first-order valence-electron chi connectivity index (χ1n) is 4.98. The van der Waals surface area contributed by atoms with Crippen LogP contribution < -0.4 is 9.47 Å². The van der Waals surface area contributed by atoms with Crippen molar-refractivity contribution in [3.05, 3.63) is 23.8 Å². The Morgan fingerprint density at radius 2 is 2.13 bits per heavy atom. The molecule has 2 atom stereocenters. The van der Waals surface area contributed by atoms with Crippen molar-refractivity contribution < 1.29 is 14.3 Å². The standard InChI is InChI=1S/C12H14O3/c1-14-11-5-3-4-9(12(11)15-2)10-6-8(10)7-13/h3-5,7-8,10H,6H2,1-2H3/t8-,10+/m0/s1. The smallest absolute Gasteiger partial charge is 0.164 e. The Bertz CT molecular complexity index is 373. The van der Waals surface area contributed by atoms with Gasteiger partial charge >= 0.3 is 0 Å². The van der Waals surface area contributed by atoms with Gasteiger partial charge in [0.05, 0.1) is 14.2 Å². The second kappa shape index (κ2) is 3.93. The Kier molecular flexibility index (Phi) is 2.62. The predicted molar refractivity (Wildman–Crippen MR) is 56.5 cm³/mol. The SMILES string of the molecule is COc1cccc([C@@H]2C[C@H]2C=O)c1OC. The van der Waals surface area contributed by atoms with Crippen LogP contribution in [0.15, 0.2) is 18.2 Å². The maximum atomic E-state index is 10.6. The molecule has 3 nitrogen and oxygen atoms in total. The third-order valence-corrected chi connectivity index (χ3v) is 2.85. The first-order chi connectivity index (χ1) is 7.31. The van der Waals surface area contributed by atoms with E-state index < -0.39 is 0 Å². The van der Waals surface area contributed by atoms with Crippen molar-refractivity contribution in [2.45, 2.75) is 12.3 Å². The Balaban J connectivity index is 2.34. The van der Waals surface area contributed by atoms with Gasteiger partial charge in [-0.05, 0) is 18.4 Å². The van der Waals surface area contributed by atoms with Gasteiger partial charge in [0.1, 0.15) is 6.29 Å². The molecule has 1 aliphatic rings. The zero-order valence-electron chi connectivity index (χ0n) is 8.90. The molecule has 0 unspecified atom stereocenters. The highest BCUT2D eigenvalue weighted by Gasteiger charge is 2.40. The second-order valence-corrected chi connectivity index (χ2v) is 3.72. The number of para-hydroxylation sites is 1. The van der Waals surface area contributed by atoms with Crippen molar-refractivity contribution in [3.8, 4) is 11.5 Å². The normalized spacial score (nSPS) is 23.3. The first-order valence-corrected chi connectivity index (χ1v) is 4.98. The molecule has 3 heteroatoms. The van der Waals surface area contributed by atoms with E-state index in [9.17, 15) is 4.79 Å². The third-order valence-electron chi connectivity index (χ3n) is 2.85. The molecule has 0 saturated heterocycles. The van der Waals surface area contributed by atoms with E-state index in [-0.39, 0.29) is 5.92 Å². The lowest BCUT2D eigenvalue weighted by Gasteiger charge is -2.11. The quantitative estimate of drug-likeness (QED) is 0.707. The van der Waals surface area contributed by atoms with Crippen molar-refractivity contribution in [1.29, 1.82) is 0 Å². The lowest BCUT2D eigenvalue weighted by molar-refractivity contribution is -0.108. The van der Waals surface area contributed by atoms with E-state index in [2.05, 4.69) is 0 Å². The molecule has 0 aromatic heterocycles. The molecule has 0 radical (unpaired) electrons. The van der Waals surface area contributed by atoms with Crippen LogP contribution in [0.25, 0.3) is 0 Å². The molecule has 0 N–H and O–H groups in total. The van der Waals surface area contributed by atoms with Crippen LogP contribution in [-0.4, -0.2) is 20.5 Å². The van der Waals surface area contributed by atoms with E-state index in [1.54, 1.807) is 14.2 Å². The van der Waals surface area contributed by atoms with E-state index in [1.165, 1.54) is 0 Å². The number of aldehydes is 1. The van der Waals surface area contributed by atoms with E-state index in [0.29, 0.717) is 5.92 Å². The molecular weight excluding hydrogens is 192 g/mol. The Morgan fingerprint density at radius 3 is 2.67 bits per heavy atom. The highest BCUT2D eigenvalue weighted by Crippen LogP contribution is 2.51. The van der Waals surface area contributed by atoms with Gasteiger partial charge in [0.15, 0.2) is 11.5 Å². The molecule has 0 aliphatic heterocycles. The molecular formula is C12H14O3. The first kappa shape index (κ1) is 10.0. The molecule has 0 heterocycles. The summed E-state index contributed by atoms with van der Waals surface area (Å²) in [7, 11) is 3.24. The summed E-state index contributed by atoms with van der Waals surface area (Å²) in [6.07, 6.45) is 1.94. The topological polar surface area (TPSA) is 35.5 Å². The molecule has 1 saturated carbocycles. The molecule has 0 spiro atoms. The predicted octanol–water partition coefficient (Wildman–Crippen LogP) is 2.01. The van der Waals surface area contributed by atoms with Gasteiger partial charge in [-0.25, -0.2) is 0 Å². The van der Waals surface area contributed by atoms with Gasteiger partial charge in [0.25, 0.3) is 0 Å². The van der Waals surface area contributed by atoms with Crippen molar-refractivity contribution in [2.75, 3.05) is 14.2 Å². The second-order valence-electron chi connectivity index (χ2n) is 3.72. The highest BCUT2D eigenvalue weighted by molar-refractivity contribution is 5.63. The van der Waals surface area contributed by atoms with Crippen molar-refractivity contribution >= 4 is 6.29 Å². The van der Waals surface area contributed by atoms with E-state index in [0.717, 1.165) is 29.8 Å². The fourth-order valence-corrected chi connectivity index (χ4v) is 1.93. The Labute approximate surface area is 89.0 Å². The van der Waals surface area contributed by atoms with E-state index in [1.807, 2.05) is 18.2 Å². The lowest BCUT2D eigenvalue weighted by atomic mass is 10.1. The summed E-state index contributed by atoms with van der Waals surface area (Å²) in [5, 5.41) is 0. The minimum Gasteiger partial charge on any atom is -0.493 e. The maximum Gasteiger partial charge on any atom is 0.164 e. The largest absolute Gasteiger partial charge is 0.493 e. The van der Waals surface area contributed by atoms with E-state index in [4.69, 9.17) is 9.47 Å². The number of methoxy groups -OCH3 is 2. The average molecular weight is 206 g/mol. The average Bonchev–Trinajstić information content (AvgIpc) is 3.07. The number of hydrogen-bond acceptors (Lipinski definition) is 3. The van der Waals surface area contributed by atoms with Gasteiger partial charge in [-0.2, -0.15) is 0 Å². The van der Waals surface area contributed by atoms with Crippen LogP contribution in [0.3, 0.4) is 0 Å². The van der Waals surface area contributed by atoms with Crippen LogP contribution >= 0.6 is 0 Å². The van der Waals surface area contributed by atoms with Crippen molar-refractivity contribution in [2.24, 2.45) is 5.92 Å². The monoisotopic (exact) mass is 206 g/mol. The summed E-state index contributed by atoms with van der Waals surface area (Å²) in [5.41, 5.74) is 1.08. The number of rotatable bonds is 4. The van der Waals surface area contributed by atoms with Crippen LogP contribution in [-0.2, 0) is 4.79 Å². The van der Waals surface area contributed by atoms with Gasteiger partial charge < -0.3 is 14.3 Å². The molecule has 2 rings (SSSR count). The summed E-state index contributed by atoms with van der Waals surface area (Å²) in [5.74, 6) is 1.96. The summed E-state index contributed by atoms with van der Waals surface area (Å²) in [6, 6.07) is 5.78. The van der Waals surface area contributed by atoms with Gasteiger partial charge in [-0.15, -0.1) is 0 Å². The highest BCUT2D eigenvalue weighted by atomic mass is 16.5. The van der Waals surface area contributed by atoms with Crippen molar-refractivity contribution in [1.82, 2.24) is 0 Å². The molecule has 80 valence electrons. The van der Waals surface area contributed by atoms with Crippen LogP contribution in [0.5, 0.6) is 11.5 Å². The number of benzene rings is 1. The maximum absolute atomic E-state index is 10.6. The van der Waals surface area contributed by atoms with Crippen molar-refractivity contribution in [3.63, 3.8) is 0 Å². The van der Waals surface area contributed by atoms with Gasteiger partial charge in [-0.3, -0.25) is 0 Å². The molecule has 0 amide bonds. The van der Waals surface area contributed by atoms with Gasteiger partial charge in [-0.1, -0.05) is 12.1 Å². The summed E-state index contributed by atoms with van der Waals surface area (Å²) in [4.78, 5) is 10.6. The van der Waals surface area contributed by atoms with E-state index >= 15 is 0 Å². The number of ether oxygens (including phenoxy) is 2. The summed E-state index contributed by atoms with van der Waals surface area (Å²) >= 11 is 0. The number of carbonyl (C=O) groups is 1. The van der Waals surface area contributed by atoms with Crippen LogP contribution in [0.1, 0.15) is 17.9 Å². The minimum absolute atomic E-state index is 0.158. The lowest BCUT2D eigenvalue weighted by Crippen LogP contribution is -1.95. The molecule has 1 aromatic rings. The number of hydrogen-bond donors (Lipinski definition) is 0. The van der Waals surface area contributed by atoms with Crippen LogP contribution in [0.4, 0.5) is 0 Å². The molecule has 0 bridgehead atoms. The third kappa shape index (κ3) is 1.69. The molecule has 15 heavy (non-hydrogen) atoms. The minimum atomic E-state index is 0.158. The van der Waals surface area contributed by atoms with Gasteiger partial charge in [0.2, 0.25) is 0 Å². The fourth-order valence-electron chi connectivity index (χ4n) is 1.93. The zero-order chi connectivity index (χ0) is 10.8. The molecule has 1 fully saturated rings. The number of carbonyl (C=O) groups excluding carboxylic acids is 1. The van der Waals surface area contributed by atoms with Crippen LogP contribution in [0.2, 0.25) is 0 Å². The van der Waals surface area contributed by atoms with Gasteiger partial charge in [0, 0.05) is 11.5 Å². The zero-order valence-corrected chi connectivity index (χ0v) is 8.90. The molecule has 1 aliphatic carbocycles. The Morgan fingerprint density at radius 1 is 1.33 bits per heavy atom. The Hall–Kier alpha value is -1.51. The summed E-state index contributed by atoms with van der Waals surface area (Å²) < 4.78 is 10.5. The van der Waals surface area contributed by atoms with Crippen LogP contribution in [0, 0.1) is 5.92 Å².